The molecule has 2 fully saturated rings. The Kier molecular flexibility index (Phi) is 5.58. The van der Waals surface area contributed by atoms with E-state index < -0.39 is 16.7 Å². The Morgan fingerprint density at radius 3 is 2.55 bits per heavy atom. The molecule has 2 aliphatic rings. The van der Waals surface area contributed by atoms with E-state index in [4.69, 9.17) is 0 Å². The molecule has 1 atom stereocenters. The van der Waals surface area contributed by atoms with Crippen molar-refractivity contribution in [3.05, 3.63) is 64.0 Å². The van der Waals surface area contributed by atoms with Crippen molar-refractivity contribution in [1.29, 1.82) is 0 Å². The van der Waals surface area contributed by atoms with Gasteiger partial charge in [-0.15, -0.1) is 0 Å². The number of non-ortho nitro benzene ring substituents is 1. The smallest absolute Gasteiger partial charge is 0.271 e. The summed E-state index contributed by atoms with van der Waals surface area (Å²) in [5.74, 6) is -1.33. The summed E-state index contributed by atoms with van der Waals surface area (Å²) < 4.78 is 14.3. The lowest BCUT2D eigenvalue weighted by Crippen LogP contribution is -2.50. The van der Waals surface area contributed by atoms with Crippen LogP contribution in [0.25, 0.3) is 0 Å². The molecule has 2 saturated heterocycles. The molecular formula is C22H23FN4O4. The van der Waals surface area contributed by atoms with E-state index in [1.807, 2.05) is 11.0 Å². The van der Waals surface area contributed by atoms with Gasteiger partial charge in [-0.25, -0.2) is 4.39 Å². The van der Waals surface area contributed by atoms with Crippen LogP contribution in [-0.4, -0.2) is 54.4 Å². The molecule has 0 radical (unpaired) electrons. The first kappa shape index (κ1) is 20.8. The molecule has 162 valence electrons. The van der Waals surface area contributed by atoms with Crippen molar-refractivity contribution in [1.82, 2.24) is 4.90 Å². The van der Waals surface area contributed by atoms with Gasteiger partial charge in [0.1, 0.15) is 5.82 Å². The van der Waals surface area contributed by atoms with Crippen molar-refractivity contribution in [2.24, 2.45) is 5.92 Å². The molecule has 2 aromatic rings. The number of anilines is 2. The standard InChI is InChI=1S/C22H23FN4O4/c1-15-5-6-20(19(23)11-15)26-14-16(12-21(26)28)22(29)25-9-7-24(8-10-25)17-3-2-4-18(13-17)27(30)31/h2-6,11,13,16H,7-10,12,14H2,1H3. The van der Waals surface area contributed by atoms with Gasteiger partial charge in [-0.3, -0.25) is 19.7 Å². The maximum Gasteiger partial charge on any atom is 0.271 e. The number of hydrogen-bond donors (Lipinski definition) is 0. The van der Waals surface area contributed by atoms with Gasteiger partial charge in [0, 0.05) is 57.0 Å². The molecule has 31 heavy (non-hydrogen) atoms. The third kappa shape index (κ3) is 4.21. The summed E-state index contributed by atoms with van der Waals surface area (Å²) in [5, 5.41) is 11.0. The van der Waals surface area contributed by atoms with E-state index in [2.05, 4.69) is 0 Å². The number of nitro groups is 1. The topological polar surface area (TPSA) is 87.0 Å². The number of benzene rings is 2. The number of rotatable bonds is 4. The lowest BCUT2D eigenvalue weighted by molar-refractivity contribution is -0.384. The molecule has 0 spiro atoms. The summed E-state index contributed by atoms with van der Waals surface area (Å²) in [7, 11) is 0. The first-order valence-electron chi connectivity index (χ1n) is 10.2. The second-order valence-electron chi connectivity index (χ2n) is 7.95. The number of nitrogens with zero attached hydrogens (tertiary/aromatic N) is 4. The van der Waals surface area contributed by atoms with Crippen LogP contribution in [0.3, 0.4) is 0 Å². The molecule has 0 N–H and O–H groups in total. The van der Waals surface area contributed by atoms with E-state index in [1.165, 1.54) is 23.1 Å². The highest BCUT2D eigenvalue weighted by molar-refractivity contribution is 6.00. The van der Waals surface area contributed by atoms with Crippen molar-refractivity contribution in [2.75, 3.05) is 42.5 Å². The predicted octanol–water partition coefficient (Wildman–Crippen LogP) is 2.74. The largest absolute Gasteiger partial charge is 0.368 e. The molecule has 4 rings (SSSR count). The van der Waals surface area contributed by atoms with Gasteiger partial charge in [-0.1, -0.05) is 12.1 Å². The average Bonchev–Trinajstić information content (AvgIpc) is 3.14. The van der Waals surface area contributed by atoms with E-state index in [9.17, 15) is 24.1 Å². The third-order valence-electron chi connectivity index (χ3n) is 5.87. The normalized spacial score (nSPS) is 19.1. The summed E-state index contributed by atoms with van der Waals surface area (Å²) in [6.07, 6.45) is 0.0667. The SMILES string of the molecule is Cc1ccc(N2CC(C(=O)N3CCN(c4cccc([N+](=O)[O-])c4)CC3)CC2=O)c(F)c1. The first-order valence-corrected chi connectivity index (χ1v) is 10.2. The van der Waals surface area contributed by atoms with Gasteiger partial charge < -0.3 is 14.7 Å². The monoisotopic (exact) mass is 426 g/mol. The Labute approximate surface area is 179 Å². The first-order chi connectivity index (χ1) is 14.8. The molecule has 2 aromatic carbocycles. The van der Waals surface area contributed by atoms with Crippen LogP contribution in [0.5, 0.6) is 0 Å². The van der Waals surface area contributed by atoms with Crippen LogP contribution in [0.4, 0.5) is 21.5 Å². The summed E-state index contributed by atoms with van der Waals surface area (Å²) in [6.45, 7) is 3.96. The highest BCUT2D eigenvalue weighted by atomic mass is 19.1. The molecule has 2 amide bonds. The van der Waals surface area contributed by atoms with Gasteiger partial charge in [-0.05, 0) is 30.7 Å². The highest BCUT2D eigenvalue weighted by Gasteiger charge is 2.38. The minimum Gasteiger partial charge on any atom is -0.368 e. The van der Waals surface area contributed by atoms with Crippen LogP contribution >= 0.6 is 0 Å². The van der Waals surface area contributed by atoms with Crippen LogP contribution in [0.2, 0.25) is 0 Å². The Bertz CT molecular complexity index is 1040. The van der Waals surface area contributed by atoms with Gasteiger partial charge in [0.2, 0.25) is 11.8 Å². The van der Waals surface area contributed by atoms with Crippen molar-refractivity contribution in [3.63, 3.8) is 0 Å². The number of amides is 2. The second-order valence-corrected chi connectivity index (χ2v) is 7.95. The van der Waals surface area contributed by atoms with Gasteiger partial charge >= 0.3 is 0 Å². The minimum absolute atomic E-state index is 0.0314. The van der Waals surface area contributed by atoms with Crippen LogP contribution in [0, 0.1) is 28.8 Å². The molecule has 1 unspecified atom stereocenters. The Morgan fingerprint density at radius 1 is 1.13 bits per heavy atom. The summed E-state index contributed by atoms with van der Waals surface area (Å²) >= 11 is 0. The number of hydrogen-bond acceptors (Lipinski definition) is 5. The van der Waals surface area contributed by atoms with Crippen LogP contribution < -0.4 is 9.80 Å². The van der Waals surface area contributed by atoms with E-state index in [1.54, 1.807) is 30.0 Å². The van der Waals surface area contributed by atoms with E-state index in [0.717, 1.165) is 11.3 Å². The number of aryl methyl sites for hydroxylation is 1. The molecule has 2 heterocycles. The zero-order valence-corrected chi connectivity index (χ0v) is 17.2. The number of carbonyl (C=O) groups is 2. The maximum absolute atomic E-state index is 14.3. The second kappa shape index (κ2) is 8.33. The summed E-state index contributed by atoms with van der Waals surface area (Å²) in [5.41, 5.74) is 1.76. The van der Waals surface area contributed by atoms with E-state index >= 15 is 0 Å². The fourth-order valence-electron chi connectivity index (χ4n) is 4.18. The predicted molar refractivity (Wildman–Crippen MR) is 113 cm³/mol. The van der Waals surface area contributed by atoms with Gasteiger partial charge in [-0.2, -0.15) is 0 Å². The van der Waals surface area contributed by atoms with Crippen LogP contribution in [0.15, 0.2) is 42.5 Å². The number of nitro benzene ring substituents is 1. The van der Waals surface area contributed by atoms with Gasteiger partial charge in [0.05, 0.1) is 16.5 Å². The molecule has 8 nitrogen and oxygen atoms in total. The number of piperazine rings is 1. The van der Waals surface area contributed by atoms with Crippen molar-refractivity contribution in [3.8, 4) is 0 Å². The van der Waals surface area contributed by atoms with Crippen LogP contribution in [-0.2, 0) is 9.59 Å². The van der Waals surface area contributed by atoms with Crippen molar-refractivity contribution < 1.29 is 18.9 Å². The lowest BCUT2D eigenvalue weighted by Gasteiger charge is -2.37. The van der Waals surface area contributed by atoms with Crippen molar-refractivity contribution >= 4 is 28.9 Å². The van der Waals surface area contributed by atoms with Gasteiger partial charge in [0.25, 0.3) is 5.69 Å². The maximum atomic E-state index is 14.3. The Balaban J connectivity index is 1.38. The fraction of sp³-hybridized carbons (Fsp3) is 0.364. The van der Waals surface area contributed by atoms with E-state index in [0.29, 0.717) is 26.2 Å². The zero-order chi connectivity index (χ0) is 22.1. The van der Waals surface area contributed by atoms with Crippen LogP contribution in [0.1, 0.15) is 12.0 Å². The molecule has 0 saturated carbocycles. The third-order valence-corrected chi connectivity index (χ3v) is 5.87. The Morgan fingerprint density at radius 2 is 1.87 bits per heavy atom. The fourth-order valence-corrected chi connectivity index (χ4v) is 4.18. The highest BCUT2D eigenvalue weighted by Crippen LogP contribution is 2.29. The molecule has 0 aromatic heterocycles. The molecular weight excluding hydrogens is 403 g/mol. The zero-order valence-electron chi connectivity index (χ0n) is 17.2. The quantitative estimate of drug-likeness (QED) is 0.554. The Hall–Kier alpha value is -3.49. The summed E-state index contributed by atoms with van der Waals surface area (Å²) in [4.78, 5) is 41.1. The van der Waals surface area contributed by atoms with Crippen molar-refractivity contribution in [2.45, 2.75) is 13.3 Å². The molecule has 2 aliphatic heterocycles. The van der Waals surface area contributed by atoms with Gasteiger partial charge in [0.15, 0.2) is 0 Å². The van der Waals surface area contributed by atoms with E-state index in [-0.39, 0.29) is 36.2 Å². The molecule has 9 heteroatoms. The minimum atomic E-state index is -0.502. The molecule has 0 bridgehead atoms. The summed E-state index contributed by atoms with van der Waals surface area (Å²) in [6, 6.07) is 11.1. The lowest BCUT2D eigenvalue weighted by atomic mass is 10.1. The number of carbonyl (C=O) groups excluding carboxylic acids is 2. The number of halogens is 1. The molecule has 0 aliphatic carbocycles. The average molecular weight is 426 g/mol.